The van der Waals surface area contributed by atoms with Crippen LogP contribution in [0.15, 0.2) is 41.9 Å². The first-order chi connectivity index (χ1) is 9.72. The minimum absolute atomic E-state index is 0.117. The molecule has 0 aliphatic rings. The average molecular weight is 290 g/mol. The number of aromatic nitrogens is 1. The number of esters is 1. The van der Waals surface area contributed by atoms with Crippen molar-refractivity contribution < 1.29 is 9.53 Å². The fourth-order valence-electron chi connectivity index (χ4n) is 2.00. The number of nitrogens with one attached hydrogen (secondary N) is 1. The Labute approximate surface area is 122 Å². The van der Waals surface area contributed by atoms with Crippen molar-refractivity contribution in [2.75, 3.05) is 13.7 Å². The molecule has 106 valence electrons. The lowest BCUT2D eigenvalue weighted by molar-refractivity contribution is -0.142. The largest absolute Gasteiger partial charge is 0.469 e. The van der Waals surface area contributed by atoms with E-state index in [-0.39, 0.29) is 17.9 Å². The number of carbonyl (C=O) groups excluding carboxylic acids is 1. The third-order valence-electron chi connectivity index (χ3n) is 3.14. The van der Waals surface area contributed by atoms with Crippen LogP contribution in [0.25, 0.3) is 0 Å². The number of thiazole rings is 1. The highest BCUT2D eigenvalue weighted by Gasteiger charge is 2.22. The predicted molar refractivity (Wildman–Crippen MR) is 79.7 cm³/mol. The van der Waals surface area contributed by atoms with Crippen molar-refractivity contribution in [2.45, 2.75) is 18.9 Å². The van der Waals surface area contributed by atoms with Gasteiger partial charge in [-0.25, -0.2) is 4.98 Å². The number of nitrogens with zero attached hydrogens (tertiary/aromatic N) is 1. The zero-order valence-electron chi connectivity index (χ0n) is 11.6. The van der Waals surface area contributed by atoms with Crippen molar-refractivity contribution in [1.29, 1.82) is 0 Å². The second-order valence-electron chi connectivity index (χ2n) is 4.49. The van der Waals surface area contributed by atoms with E-state index in [0.717, 1.165) is 10.6 Å². The SMILES string of the molecule is COC(=O)C(CNC(C)c1nccs1)c1ccccc1. The van der Waals surface area contributed by atoms with Gasteiger partial charge in [-0.3, -0.25) is 4.79 Å². The number of hydrogen-bond acceptors (Lipinski definition) is 5. The van der Waals surface area contributed by atoms with Crippen molar-refractivity contribution in [3.05, 3.63) is 52.5 Å². The van der Waals surface area contributed by atoms with E-state index in [1.54, 1.807) is 17.5 Å². The van der Waals surface area contributed by atoms with Crippen LogP contribution in [-0.4, -0.2) is 24.6 Å². The molecule has 0 saturated carbocycles. The molecule has 0 bridgehead atoms. The maximum atomic E-state index is 11.9. The lowest BCUT2D eigenvalue weighted by atomic mass is 9.99. The van der Waals surface area contributed by atoms with E-state index >= 15 is 0 Å². The molecule has 0 aliphatic heterocycles. The van der Waals surface area contributed by atoms with Crippen LogP contribution in [0.1, 0.15) is 29.5 Å². The minimum Gasteiger partial charge on any atom is -0.469 e. The molecular weight excluding hydrogens is 272 g/mol. The first kappa shape index (κ1) is 14.7. The Balaban J connectivity index is 2.04. The van der Waals surface area contributed by atoms with Crippen molar-refractivity contribution in [2.24, 2.45) is 0 Å². The zero-order chi connectivity index (χ0) is 14.4. The van der Waals surface area contributed by atoms with E-state index in [4.69, 9.17) is 4.74 Å². The van der Waals surface area contributed by atoms with Gasteiger partial charge in [-0.2, -0.15) is 0 Å². The van der Waals surface area contributed by atoms with Crippen molar-refractivity contribution in [3.63, 3.8) is 0 Å². The Morgan fingerprint density at radius 3 is 2.75 bits per heavy atom. The molecule has 1 aromatic carbocycles. The summed E-state index contributed by atoms with van der Waals surface area (Å²) in [5.41, 5.74) is 0.957. The van der Waals surface area contributed by atoms with Gasteiger partial charge in [0, 0.05) is 18.1 Å². The summed E-state index contributed by atoms with van der Waals surface area (Å²) in [7, 11) is 1.42. The molecule has 5 heteroatoms. The highest BCUT2D eigenvalue weighted by atomic mass is 32.1. The first-order valence-corrected chi connectivity index (χ1v) is 7.36. The third-order valence-corrected chi connectivity index (χ3v) is 4.10. The second-order valence-corrected chi connectivity index (χ2v) is 5.41. The zero-order valence-corrected chi connectivity index (χ0v) is 12.4. The molecule has 0 amide bonds. The van der Waals surface area contributed by atoms with Gasteiger partial charge in [-0.05, 0) is 12.5 Å². The molecule has 0 saturated heterocycles. The third kappa shape index (κ3) is 3.65. The van der Waals surface area contributed by atoms with Crippen molar-refractivity contribution in [1.82, 2.24) is 10.3 Å². The average Bonchev–Trinajstić information content (AvgIpc) is 3.02. The maximum Gasteiger partial charge on any atom is 0.314 e. The number of ether oxygens (including phenoxy) is 1. The van der Waals surface area contributed by atoms with Crippen LogP contribution < -0.4 is 5.32 Å². The number of methoxy groups -OCH3 is 1. The topological polar surface area (TPSA) is 51.2 Å². The molecule has 2 aromatic rings. The smallest absolute Gasteiger partial charge is 0.314 e. The molecule has 0 fully saturated rings. The molecule has 1 heterocycles. The molecule has 2 atom stereocenters. The highest BCUT2D eigenvalue weighted by molar-refractivity contribution is 7.09. The Kier molecular flexibility index (Phi) is 5.26. The van der Waals surface area contributed by atoms with Gasteiger partial charge >= 0.3 is 5.97 Å². The molecule has 1 N–H and O–H groups in total. The number of benzene rings is 1. The van der Waals surface area contributed by atoms with Crippen LogP contribution in [0.2, 0.25) is 0 Å². The van der Waals surface area contributed by atoms with E-state index in [1.165, 1.54) is 7.11 Å². The Morgan fingerprint density at radius 1 is 1.40 bits per heavy atom. The van der Waals surface area contributed by atoms with Gasteiger partial charge in [0.25, 0.3) is 0 Å². The van der Waals surface area contributed by atoms with E-state index in [9.17, 15) is 4.79 Å². The van der Waals surface area contributed by atoms with Gasteiger partial charge in [0.15, 0.2) is 0 Å². The predicted octanol–water partition coefficient (Wildman–Crippen LogP) is 2.75. The van der Waals surface area contributed by atoms with Crippen LogP contribution in [0.4, 0.5) is 0 Å². The number of rotatable bonds is 6. The van der Waals surface area contributed by atoms with Gasteiger partial charge < -0.3 is 10.1 Å². The quantitative estimate of drug-likeness (QED) is 0.831. The molecule has 2 unspecified atom stereocenters. The summed E-state index contributed by atoms with van der Waals surface area (Å²) in [5, 5.41) is 6.31. The van der Waals surface area contributed by atoms with Gasteiger partial charge in [-0.15, -0.1) is 11.3 Å². The summed E-state index contributed by atoms with van der Waals surface area (Å²) in [6.45, 7) is 2.57. The molecule has 0 spiro atoms. The maximum absolute atomic E-state index is 11.9. The molecule has 0 aliphatic carbocycles. The fourth-order valence-corrected chi connectivity index (χ4v) is 2.67. The van der Waals surface area contributed by atoms with E-state index in [1.807, 2.05) is 42.6 Å². The van der Waals surface area contributed by atoms with Crippen molar-refractivity contribution in [3.8, 4) is 0 Å². The van der Waals surface area contributed by atoms with E-state index < -0.39 is 0 Å². The Bertz CT molecular complexity index is 528. The van der Waals surface area contributed by atoms with Gasteiger partial charge in [-0.1, -0.05) is 30.3 Å². The normalized spacial score (nSPS) is 13.7. The molecule has 20 heavy (non-hydrogen) atoms. The van der Waals surface area contributed by atoms with Gasteiger partial charge in [0.2, 0.25) is 0 Å². The summed E-state index contributed by atoms with van der Waals surface area (Å²) in [4.78, 5) is 16.2. The second kappa shape index (κ2) is 7.17. The standard InChI is InChI=1S/C15H18N2O2S/c1-11(14-16-8-9-20-14)17-10-13(15(18)19-2)12-6-4-3-5-7-12/h3-9,11,13,17H,10H2,1-2H3. The molecule has 0 radical (unpaired) electrons. The monoisotopic (exact) mass is 290 g/mol. The summed E-state index contributed by atoms with van der Waals surface area (Å²) in [5.74, 6) is -0.529. The van der Waals surface area contributed by atoms with Crippen molar-refractivity contribution >= 4 is 17.3 Å². The molecule has 4 nitrogen and oxygen atoms in total. The Hall–Kier alpha value is -1.72. The van der Waals surface area contributed by atoms with Crippen LogP contribution in [0, 0.1) is 0 Å². The lowest BCUT2D eigenvalue weighted by Crippen LogP contribution is -2.29. The summed E-state index contributed by atoms with van der Waals surface area (Å²) < 4.78 is 4.90. The van der Waals surface area contributed by atoms with Gasteiger partial charge in [0.05, 0.1) is 19.1 Å². The first-order valence-electron chi connectivity index (χ1n) is 6.48. The molecule has 1 aromatic heterocycles. The summed E-state index contributed by atoms with van der Waals surface area (Å²) >= 11 is 1.60. The van der Waals surface area contributed by atoms with E-state index in [2.05, 4.69) is 10.3 Å². The van der Waals surface area contributed by atoms with Crippen LogP contribution in [0.3, 0.4) is 0 Å². The Morgan fingerprint density at radius 2 is 2.15 bits per heavy atom. The van der Waals surface area contributed by atoms with E-state index in [0.29, 0.717) is 6.54 Å². The summed E-state index contributed by atoms with van der Waals surface area (Å²) in [6.07, 6.45) is 1.78. The minimum atomic E-state index is -0.302. The van der Waals surface area contributed by atoms with Gasteiger partial charge in [0.1, 0.15) is 5.01 Å². The molecule has 2 rings (SSSR count). The summed E-state index contributed by atoms with van der Waals surface area (Å²) in [6, 6.07) is 9.79. The molecular formula is C15H18N2O2S. The highest BCUT2D eigenvalue weighted by Crippen LogP contribution is 2.19. The van der Waals surface area contributed by atoms with Crippen LogP contribution >= 0.6 is 11.3 Å². The van der Waals surface area contributed by atoms with Crippen LogP contribution in [0.5, 0.6) is 0 Å². The van der Waals surface area contributed by atoms with Crippen LogP contribution in [-0.2, 0) is 9.53 Å². The fraction of sp³-hybridized carbons (Fsp3) is 0.333. The lowest BCUT2D eigenvalue weighted by Gasteiger charge is -2.18. The number of hydrogen-bond donors (Lipinski definition) is 1. The number of carbonyl (C=O) groups is 1.